The van der Waals surface area contributed by atoms with Gasteiger partial charge in [0.15, 0.2) is 11.5 Å². The number of para-hydroxylation sites is 2. The lowest BCUT2D eigenvalue weighted by Crippen LogP contribution is -2.43. The van der Waals surface area contributed by atoms with E-state index in [0.29, 0.717) is 11.8 Å². The highest BCUT2D eigenvalue weighted by atomic mass is 16.5. The van der Waals surface area contributed by atoms with E-state index in [-0.39, 0.29) is 5.56 Å². The molecule has 0 amide bonds. The lowest BCUT2D eigenvalue weighted by Gasteiger charge is -2.42. The van der Waals surface area contributed by atoms with E-state index in [1.807, 2.05) is 30.5 Å². The average Bonchev–Trinajstić information content (AvgIpc) is 3.25. The predicted molar refractivity (Wildman–Crippen MR) is 109 cm³/mol. The number of hydrogen-bond acceptors (Lipinski definition) is 5. The lowest BCUT2D eigenvalue weighted by molar-refractivity contribution is 0.0696. The number of aromatic carboxylic acids is 1. The fourth-order valence-corrected chi connectivity index (χ4v) is 4.24. The number of likely N-dealkylation sites (tertiary alicyclic amines) is 1. The van der Waals surface area contributed by atoms with Gasteiger partial charge in [0.2, 0.25) is 0 Å². The summed E-state index contributed by atoms with van der Waals surface area (Å²) in [4.78, 5) is 23.6. The molecule has 3 aromatic rings. The topological polar surface area (TPSA) is 81.7 Å². The molecular formula is C22H22N4O3. The molecule has 0 bridgehead atoms. The van der Waals surface area contributed by atoms with Gasteiger partial charge >= 0.3 is 5.97 Å². The number of rotatable bonds is 4. The molecule has 1 saturated heterocycles. The summed E-state index contributed by atoms with van der Waals surface area (Å²) in [6, 6.07) is 13.4. The van der Waals surface area contributed by atoms with Gasteiger partial charge in [-0.25, -0.2) is 9.78 Å². The number of carbonyl (C=O) groups is 1. The molecule has 2 aliphatic rings. The number of ether oxygens (including phenoxy) is 1. The van der Waals surface area contributed by atoms with Crippen molar-refractivity contribution in [2.75, 3.05) is 18.0 Å². The summed E-state index contributed by atoms with van der Waals surface area (Å²) >= 11 is 0. The molecule has 2 N–H and O–H groups in total. The van der Waals surface area contributed by atoms with Crippen LogP contribution in [0, 0.1) is 0 Å². The van der Waals surface area contributed by atoms with Gasteiger partial charge < -0.3 is 19.7 Å². The molecule has 7 nitrogen and oxygen atoms in total. The van der Waals surface area contributed by atoms with Crippen molar-refractivity contribution in [3.05, 3.63) is 66.2 Å². The van der Waals surface area contributed by atoms with Crippen LogP contribution in [-0.4, -0.2) is 45.1 Å². The monoisotopic (exact) mass is 390 g/mol. The van der Waals surface area contributed by atoms with Crippen molar-refractivity contribution in [3.63, 3.8) is 0 Å². The lowest BCUT2D eigenvalue weighted by atomic mass is 9.99. The van der Waals surface area contributed by atoms with Gasteiger partial charge in [-0.3, -0.25) is 4.90 Å². The van der Waals surface area contributed by atoms with Crippen molar-refractivity contribution >= 4 is 17.3 Å². The van der Waals surface area contributed by atoms with E-state index in [1.165, 1.54) is 0 Å². The van der Waals surface area contributed by atoms with Gasteiger partial charge in [0.25, 0.3) is 0 Å². The Kier molecular flexibility index (Phi) is 4.44. The van der Waals surface area contributed by atoms with Gasteiger partial charge in [-0.2, -0.15) is 0 Å². The number of carboxylic acids is 1. The van der Waals surface area contributed by atoms with Crippen molar-refractivity contribution in [2.24, 2.45) is 0 Å². The number of aromatic amines is 1. The smallest absolute Gasteiger partial charge is 0.335 e. The van der Waals surface area contributed by atoms with Crippen LogP contribution in [0.1, 0.15) is 29.0 Å². The minimum atomic E-state index is -0.951. The Labute approximate surface area is 168 Å². The van der Waals surface area contributed by atoms with Crippen molar-refractivity contribution in [3.8, 4) is 11.5 Å². The Hall–Kier alpha value is -3.32. The second kappa shape index (κ2) is 7.25. The molecule has 2 aromatic carbocycles. The molecule has 1 fully saturated rings. The highest BCUT2D eigenvalue weighted by molar-refractivity contribution is 5.90. The second-order valence-corrected chi connectivity index (χ2v) is 7.47. The predicted octanol–water partition coefficient (Wildman–Crippen LogP) is 4.02. The van der Waals surface area contributed by atoms with Crippen LogP contribution < -0.4 is 9.64 Å². The van der Waals surface area contributed by atoms with E-state index in [0.717, 1.165) is 55.4 Å². The number of benzene rings is 2. The molecule has 29 heavy (non-hydrogen) atoms. The summed E-state index contributed by atoms with van der Waals surface area (Å²) in [6.45, 7) is 2.79. The average molecular weight is 390 g/mol. The SMILES string of the molecule is O=C(O)c1ccc2c(c1)Oc1ccccc1N2C1CCN(Cc2ncc[nH]2)CC1. The Morgan fingerprint density at radius 2 is 1.93 bits per heavy atom. The van der Waals surface area contributed by atoms with Crippen molar-refractivity contribution < 1.29 is 14.6 Å². The number of nitrogens with one attached hydrogen (secondary N) is 1. The number of piperidine rings is 1. The summed E-state index contributed by atoms with van der Waals surface area (Å²) < 4.78 is 6.05. The van der Waals surface area contributed by atoms with Crippen LogP contribution >= 0.6 is 0 Å². The number of nitrogens with zero attached hydrogens (tertiary/aromatic N) is 3. The van der Waals surface area contributed by atoms with Crippen LogP contribution in [0.2, 0.25) is 0 Å². The normalized spacial score (nSPS) is 16.8. The molecule has 148 valence electrons. The summed E-state index contributed by atoms with van der Waals surface area (Å²) in [5.41, 5.74) is 2.20. The maximum atomic E-state index is 11.4. The number of carboxylic acid groups (broad SMARTS) is 1. The first-order valence-electron chi connectivity index (χ1n) is 9.83. The largest absolute Gasteiger partial charge is 0.478 e. The van der Waals surface area contributed by atoms with Crippen LogP contribution in [0.5, 0.6) is 11.5 Å². The molecule has 0 aliphatic carbocycles. The number of hydrogen-bond donors (Lipinski definition) is 2. The van der Waals surface area contributed by atoms with Crippen molar-refractivity contribution in [1.29, 1.82) is 0 Å². The van der Waals surface area contributed by atoms with Gasteiger partial charge in [0.1, 0.15) is 5.82 Å². The van der Waals surface area contributed by atoms with Crippen LogP contribution in [0.25, 0.3) is 0 Å². The summed E-state index contributed by atoms with van der Waals surface area (Å²) in [5.74, 6) is 1.40. The second-order valence-electron chi connectivity index (χ2n) is 7.47. The highest BCUT2D eigenvalue weighted by Crippen LogP contribution is 2.48. The Balaban J connectivity index is 1.42. The zero-order chi connectivity index (χ0) is 19.8. The van der Waals surface area contributed by atoms with E-state index in [4.69, 9.17) is 4.74 Å². The van der Waals surface area contributed by atoms with E-state index >= 15 is 0 Å². The first-order chi connectivity index (χ1) is 14.2. The van der Waals surface area contributed by atoms with Crippen LogP contribution in [0.3, 0.4) is 0 Å². The van der Waals surface area contributed by atoms with Crippen molar-refractivity contribution in [1.82, 2.24) is 14.9 Å². The number of anilines is 2. The van der Waals surface area contributed by atoms with E-state index in [2.05, 4.69) is 25.8 Å². The summed E-state index contributed by atoms with van der Waals surface area (Å²) in [7, 11) is 0. The summed E-state index contributed by atoms with van der Waals surface area (Å²) in [6.07, 6.45) is 5.66. The number of imidazole rings is 1. The van der Waals surface area contributed by atoms with Crippen LogP contribution in [0.15, 0.2) is 54.9 Å². The molecule has 0 spiro atoms. The fourth-order valence-electron chi connectivity index (χ4n) is 4.24. The molecule has 5 rings (SSSR count). The fraction of sp³-hybridized carbons (Fsp3) is 0.273. The maximum Gasteiger partial charge on any atom is 0.335 e. The molecular weight excluding hydrogens is 368 g/mol. The van der Waals surface area contributed by atoms with E-state index < -0.39 is 5.97 Å². The molecule has 3 heterocycles. The Morgan fingerprint density at radius 3 is 2.69 bits per heavy atom. The minimum absolute atomic E-state index is 0.233. The Morgan fingerprint density at radius 1 is 1.14 bits per heavy atom. The highest BCUT2D eigenvalue weighted by Gasteiger charge is 2.32. The van der Waals surface area contributed by atoms with Gasteiger partial charge in [-0.05, 0) is 43.2 Å². The van der Waals surface area contributed by atoms with Gasteiger partial charge in [-0.1, -0.05) is 12.1 Å². The van der Waals surface area contributed by atoms with Gasteiger partial charge in [0, 0.05) is 31.5 Å². The maximum absolute atomic E-state index is 11.4. The first kappa shape index (κ1) is 17.8. The van der Waals surface area contributed by atoms with Gasteiger partial charge in [-0.15, -0.1) is 0 Å². The van der Waals surface area contributed by atoms with E-state index in [1.54, 1.807) is 18.3 Å². The zero-order valence-corrected chi connectivity index (χ0v) is 15.9. The molecule has 1 aromatic heterocycles. The third kappa shape index (κ3) is 3.34. The molecule has 0 radical (unpaired) electrons. The standard InChI is InChI=1S/C22H22N4O3/c27-22(28)15-5-6-18-20(13-15)29-19-4-2-1-3-17(19)26(18)16-7-11-25(12-8-16)14-21-23-9-10-24-21/h1-6,9-10,13,16H,7-8,11-12,14H2,(H,23,24)(H,27,28). The third-order valence-corrected chi connectivity index (χ3v) is 5.66. The third-order valence-electron chi connectivity index (χ3n) is 5.66. The van der Waals surface area contributed by atoms with Gasteiger partial charge in [0.05, 0.1) is 23.5 Å². The molecule has 7 heteroatoms. The van der Waals surface area contributed by atoms with Crippen LogP contribution in [-0.2, 0) is 6.54 Å². The molecule has 0 atom stereocenters. The minimum Gasteiger partial charge on any atom is -0.478 e. The summed E-state index contributed by atoms with van der Waals surface area (Å²) in [5, 5.41) is 9.35. The van der Waals surface area contributed by atoms with E-state index in [9.17, 15) is 9.90 Å². The molecule has 0 saturated carbocycles. The number of H-pyrrole nitrogens is 1. The Bertz CT molecular complexity index is 1030. The molecule has 2 aliphatic heterocycles. The first-order valence-corrected chi connectivity index (χ1v) is 9.83. The molecule has 0 unspecified atom stereocenters. The zero-order valence-electron chi connectivity index (χ0n) is 15.9. The van der Waals surface area contributed by atoms with Crippen LogP contribution in [0.4, 0.5) is 11.4 Å². The number of fused-ring (bicyclic) bond motifs is 2. The quantitative estimate of drug-likeness (QED) is 0.700. The number of aromatic nitrogens is 2. The van der Waals surface area contributed by atoms with Crippen molar-refractivity contribution in [2.45, 2.75) is 25.4 Å².